The Labute approximate surface area is 157 Å². The minimum absolute atomic E-state index is 0.0389. The van der Waals surface area contributed by atoms with Crippen molar-refractivity contribution < 1.29 is 13.2 Å². The van der Waals surface area contributed by atoms with Crippen molar-refractivity contribution in [1.29, 1.82) is 0 Å². The van der Waals surface area contributed by atoms with Crippen LogP contribution in [0, 0.1) is 6.92 Å². The first-order valence-electron chi connectivity index (χ1n) is 8.47. The fraction of sp³-hybridized carbons (Fsp3) is 0.250. The van der Waals surface area contributed by atoms with Crippen LogP contribution in [0.2, 0.25) is 0 Å². The summed E-state index contributed by atoms with van der Waals surface area (Å²) in [5.41, 5.74) is 1.76. The number of hydrogen-bond donors (Lipinski definition) is 1. The second-order valence-corrected chi connectivity index (χ2v) is 9.48. The highest BCUT2D eigenvalue weighted by Gasteiger charge is 2.16. The van der Waals surface area contributed by atoms with E-state index in [4.69, 9.17) is 0 Å². The molecule has 0 bridgehead atoms. The summed E-state index contributed by atoms with van der Waals surface area (Å²) >= 11 is 1.47. The summed E-state index contributed by atoms with van der Waals surface area (Å²) in [6, 6.07) is 17.1. The Balaban J connectivity index is 1.53. The average Bonchev–Trinajstić information content (AvgIpc) is 2.96. The van der Waals surface area contributed by atoms with Gasteiger partial charge in [0.2, 0.25) is 0 Å². The zero-order valence-electron chi connectivity index (χ0n) is 14.6. The summed E-state index contributed by atoms with van der Waals surface area (Å²) < 4.78 is 25.4. The molecule has 0 aliphatic carbocycles. The van der Waals surface area contributed by atoms with E-state index in [0.717, 1.165) is 21.2 Å². The van der Waals surface area contributed by atoms with Crippen LogP contribution in [0.25, 0.3) is 10.1 Å². The van der Waals surface area contributed by atoms with Gasteiger partial charge in [-0.05, 0) is 35.9 Å². The summed E-state index contributed by atoms with van der Waals surface area (Å²) in [7, 11) is -3.17. The third kappa shape index (κ3) is 4.51. The third-order valence-corrected chi connectivity index (χ3v) is 7.15. The SMILES string of the molecule is Cc1c(C(=O)NCCCS(=O)(=O)Cc2ccccc2)sc2ccccc12. The van der Waals surface area contributed by atoms with Crippen molar-refractivity contribution >= 4 is 37.2 Å². The van der Waals surface area contributed by atoms with E-state index < -0.39 is 9.84 Å². The van der Waals surface area contributed by atoms with E-state index in [9.17, 15) is 13.2 Å². The number of benzene rings is 2. The molecule has 1 N–H and O–H groups in total. The van der Waals surface area contributed by atoms with Gasteiger partial charge >= 0.3 is 0 Å². The first-order valence-corrected chi connectivity index (χ1v) is 11.1. The Hall–Kier alpha value is -2.18. The highest BCUT2D eigenvalue weighted by Crippen LogP contribution is 2.30. The quantitative estimate of drug-likeness (QED) is 0.625. The summed E-state index contributed by atoms with van der Waals surface area (Å²) in [6.07, 6.45) is 0.408. The predicted octanol–water partition coefficient (Wildman–Crippen LogP) is 3.94. The number of amides is 1. The number of hydrogen-bond acceptors (Lipinski definition) is 4. The molecule has 0 saturated carbocycles. The molecule has 136 valence electrons. The van der Waals surface area contributed by atoms with Crippen molar-refractivity contribution in [3.05, 3.63) is 70.6 Å². The number of sulfone groups is 1. The highest BCUT2D eigenvalue weighted by atomic mass is 32.2. The Morgan fingerprint density at radius 1 is 1.04 bits per heavy atom. The standard InChI is InChI=1S/C20H21NO3S2/c1-15-17-10-5-6-11-18(17)25-19(15)20(22)21-12-7-13-26(23,24)14-16-8-3-2-4-9-16/h2-6,8-11H,7,12-14H2,1H3,(H,21,22). The van der Waals surface area contributed by atoms with Crippen LogP contribution in [0.3, 0.4) is 0 Å². The van der Waals surface area contributed by atoms with Crippen molar-refractivity contribution in [1.82, 2.24) is 5.32 Å². The van der Waals surface area contributed by atoms with Crippen LogP contribution < -0.4 is 5.32 Å². The molecule has 26 heavy (non-hydrogen) atoms. The minimum Gasteiger partial charge on any atom is -0.351 e. The van der Waals surface area contributed by atoms with Crippen LogP contribution in [0.4, 0.5) is 0 Å². The summed E-state index contributed by atoms with van der Waals surface area (Å²) in [5, 5.41) is 3.94. The Bertz CT molecular complexity index is 1010. The van der Waals surface area contributed by atoms with Gasteiger partial charge in [0.05, 0.1) is 16.4 Å². The lowest BCUT2D eigenvalue weighted by Crippen LogP contribution is -2.26. The molecule has 3 rings (SSSR count). The number of nitrogens with one attached hydrogen (secondary N) is 1. The molecule has 0 radical (unpaired) electrons. The van der Waals surface area contributed by atoms with Crippen LogP contribution >= 0.6 is 11.3 Å². The largest absolute Gasteiger partial charge is 0.351 e. The fourth-order valence-electron chi connectivity index (χ4n) is 2.87. The van der Waals surface area contributed by atoms with E-state index in [2.05, 4.69) is 5.32 Å². The van der Waals surface area contributed by atoms with Gasteiger partial charge in [0, 0.05) is 11.2 Å². The van der Waals surface area contributed by atoms with Gasteiger partial charge < -0.3 is 5.32 Å². The average molecular weight is 388 g/mol. The van der Waals surface area contributed by atoms with Crippen molar-refractivity contribution in [2.45, 2.75) is 19.1 Å². The smallest absolute Gasteiger partial charge is 0.261 e. The maximum absolute atomic E-state index is 12.4. The maximum Gasteiger partial charge on any atom is 0.261 e. The lowest BCUT2D eigenvalue weighted by Gasteiger charge is -2.06. The lowest BCUT2D eigenvalue weighted by atomic mass is 10.1. The predicted molar refractivity (Wildman–Crippen MR) is 107 cm³/mol. The number of thiophene rings is 1. The molecule has 4 nitrogen and oxygen atoms in total. The van der Waals surface area contributed by atoms with Crippen LogP contribution in [0.1, 0.15) is 27.2 Å². The van der Waals surface area contributed by atoms with E-state index in [1.54, 1.807) is 0 Å². The Morgan fingerprint density at radius 3 is 2.46 bits per heavy atom. The monoisotopic (exact) mass is 387 g/mol. The van der Waals surface area contributed by atoms with Gasteiger partial charge in [-0.15, -0.1) is 11.3 Å². The number of carbonyl (C=O) groups is 1. The van der Waals surface area contributed by atoms with E-state index in [0.29, 0.717) is 17.8 Å². The van der Waals surface area contributed by atoms with E-state index in [-0.39, 0.29) is 17.4 Å². The third-order valence-electron chi connectivity index (χ3n) is 4.20. The molecule has 1 amide bonds. The summed E-state index contributed by atoms with van der Waals surface area (Å²) in [5.74, 6) is -0.0331. The summed E-state index contributed by atoms with van der Waals surface area (Å²) in [4.78, 5) is 13.1. The van der Waals surface area contributed by atoms with E-state index in [1.807, 2.05) is 61.5 Å². The second-order valence-electron chi connectivity index (χ2n) is 6.24. The van der Waals surface area contributed by atoms with Gasteiger partial charge in [-0.3, -0.25) is 4.79 Å². The van der Waals surface area contributed by atoms with Crippen molar-refractivity contribution in [3.63, 3.8) is 0 Å². The molecular formula is C20H21NO3S2. The van der Waals surface area contributed by atoms with E-state index >= 15 is 0 Å². The van der Waals surface area contributed by atoms with Crippen molar-refractivity contribution in [3.8, 4) is 0 Å². The van der Waals surface area contributed by atoms with Gasteiger partial charge in [0.1, 0.15) is 0 Å². The molecule has 6 heteroatoms. The molecule has 3 aromatic rings. The molecule has 0 fully saturated rings. The Morgan fingerprint density at radius 2 is 1.73 bits per heavy atom. The molecular weight excluding hydrogens is 366 g/mol. The molecule has 1 aromatic heterocycles. The van der Waals surface area contributed by atoms with Crippen LogP contribution in [0.15, 0.2) is 54.6 Å². The zero-order chi connectivity index (χ0) is 18.6. The Kier molecular flexibility index (Phi) is 5.74. The van der Waals surface area contributed by atoms with Gasteiger partial charge in [0.25, 0.3) is 5.91 Å². The fourth-order valence-corrected chi connectivity index (χ4v) is 5.42. The first kappa shape index (κ1) is 18.6. The molecule has 2 aromatic carbocycles. The topological polar surface area (TPSA) is 63.2 Å². The molecule has 0 aliphatic heterocycles. The lowest BCUT2D eigenvalue weighted by molar-refractivity contribution is 0.0957. The van der Waals surface area contributed by atoms with Gasteiger partial charge in [-0.2, -0.15) is 0 Å². The van der Waals surface area contributed by atoms with Gasteiger partial charge in [-0.25, -0.2) is 8.42 Å². The van der Waals surface area contributed by atoms with E-state index in [1.165, 1.54) is 11.3 Å². The molecule has 0 atom stereocenters. The zero-order valence-corrected chi connectivity index (χ0v) is 16.2. The highest BCUT2D eigenvalue weighted by molar-refractivity contribution is 7.90. The summed E-state index contributed by atoms with van der Waals surface area (Å²) in [6.45, 7) is 2.29. The van der Waals surface area contributed by atoms with Gasteiger partial charge in [0.15, 0.2) is 9.84 Å². The van der Waals surface area contributed by atoms with Crippen LogP contribution in [-0.4, -0.2) is 26.6 Å². The maximum atomic E-state index is 12.4. The number of aryl methyl sites for hydroxylation is 1. The molecule has 0 unspecified atom stereocenters. The number of rotatable bonds is 7. The van der Waals surface area contributed by atoms with Crippen LogP contribution in [0.5, 0.6) is 0 Å². The molecule has 0 spiro atoms. The van der Waals surface area contributed by atoms with Crippen molar-refractivity contribution in [2.75, 3.05) is 12.3 Å². The second kappa shape index (κ2) is 8.01. The molecule has 0 saturated heterocycles. The molecule has 1 heterocycles. The van der Waals surface area contributed by atoms with Gasteiger partial charge in [-0.1, -0.05) is 48.5 Å². The number of fused-ring (bicyclic) bond motifs is 1. The minimum atomic E-state index is -3.17. The normalized spacial score (nSPS) is 11.6. The number of carbonyl (C=O) groups excluding carboxylic acids is 1. The molecule has 0 aliphatic rings. The van der Waals surface area contributed by atoms with Crippen molar-refractivity contribution in [2.24, 2.45) is 0 Å². The van der Waals surface area contributed by atoms with Crippen LogP contribution in [-0.2, 0) is 15.6 Å². The first-order chi connectivity index (χ1) is 12.5.